The fourth-order valence-electron chi connectivity index (χ4n) is 2.22. The van der Waals surface area contributed by atoms with Crippen LogP contribution in [0.4, 0.5) is 4.79 Å². The normalized spacial score (nSPS) is 14.7. The van der Waals surface area contributed by atoms with Crippen LogP contribution in [0.5, 0.6) is 5.75 Å². The molecular formula is C19H13Cl2NO5. The van der Waals surface area contributed by atoms with Crippen LogP contribution in [-0.4, -0.2) is 24.6 Å². The van der Waals surface area contributed by atoms with Crippen LogP contribution in [0.3, 0.4) is 0 Å². The Morgan fingerprint density at radius 2 is 1.93 bits per heavy atom. The molecule has 0 spiro atoms. The number of carbonyl (C=O) groups excluding carboxylic acids is 2. The zero-order valence-corrected chi connectivity index (χ0v) is 15.6. The molecule has 0 saturated carbocycles. The van der Waals surface area contributed by atoms with Gasteiger partial charge in [-0.2, -0.15) is 0 Å². The third-order valence-corrected chi connectivity index (χ3v) is 3.98. The molecule has 1 heterocycles. The molecule has 0 amide bonds. The lowest BCUT2D eigenvalue weighted by molar-refractivity contribution is -0.129. The molecule has 0 saturated heterocycles. The molecule has 0 fully saturated rings. The van der Waals surface area contributed by atoms with Crippen molar-refractivity contribution in [3.8, 4) is 5.75 Å². The highest BCUT2D eigenvalue weighted by atomic mass is 35.5. The number of cyclic esters (lactones) is 1. The van der Waals surface area contributed by atoms with Gasteiger partial charge in [0, 0.05) is 5.02 Å². The molecule has 8 heteroatoms. The highest BCUT2D eigenvalue weighted by Gasteiger charge is 2.25. The van der Waals surface area contributed by atoms with Gasteiger partial charge in [0.1, 0.15) is 5.75 Å². The molecule has 2 aromatic carbocycles. The van der Waals surface area contributed by atoms with E-state index in [1.165, 1.54) is 0 Å². The molecule has 1 aliphatic rings. The number of rotatable bonds is 4. The molecule has 0 unspecified atom stereocenters. The maximum atomic E-state index is 12.1. The molecule has 1 aliphatic heterocycles. The molecule has 0 aliphatic carbocycles. The summed E-state index contributed by atoms with van der Waals surface area (Å²) in [7, 11) is 0. The van der Waals surface area contributed by atoms with E-state index in [2.05, 4.69) is 4.99 Å². The summed E-state index contributed by atoms with van der Waals surface area (Å²) in [5.41, 5.74) is 1.26. The van der Waals surface area contributed by atoms with Crippen molar-refractivity contribution >= 4 is 47.3 Å². The molecule has 0 atom stereocenters. The first-order chi connectivity index (χ1) is 13.0. The van der Waals surface area contributed by atoms with E-state index in [9.17, 15) is 9.59 Å². The number of nitrogens with zero attached hydrogens (tertiary/aromatic N) is 1. The second-order valence-electron chi connectivity index (χ2n) is 5.31. The summed E-state index contributed by atoms with van der Waals surface area (Å²) in [6.07, 6.45) is 0.768. The summed E-state index contributed by atoms with van der Waals surface area (Å²) < 4.78 is 14.9. The molecule has 6 nitrogen and oxygen atoms in total. The van der Waals surface area contributed by atoms with Gasteiger partial charge in [0.2, 0.25) is 5.90 Å². The fraction of sp³-hybridized carbons (Fsp3) is 0.105. The van der Waals surface area contributed by atoms with Crippen molar-refractivity contribution in [3.63, 3.8) is 0 Å². The molecule has 2 aromatic rings. The second kappa shape index (κ2) is 8.24. The maximum absolute atomic E-state index is 12.1. The lowest BCUT2D eigenvalue weighted by atomic mass is 10.2. The van der Waals surface area contributed by atoms with E-state index < -0.39 is 12.1 Å². The van der Waals surface area contributed by atoms with Crippen LogP contribution in [0.25, 0.3) is 6.08 Å². The lowest BCUT2D eigenvalue weighted by Gasteiger charge is -2.03. The van der Waals surface area contributed by atoms with E-state index in [0.29, 0.717) is 26.9 Å². The quantitative estimate of drug-likeness (QED) is 0.411. The Balaban J connectivity index is 1.79. The van der Waals surface area contributed by atoms with Crippen LogP contribution in [0.2, 0.25) is 10.0 Å². The minimum absolute atomic E-state index is 0.107. The van der Waals surface area contributed by atoms with Crippen LogP contribution in [0.15, 0.2) is 53.2 Å². The Morgan fingerprint density at radius 1 is 1.19 bits per heavy atom. The Bertz CT molecular complexity index is 951. The summed E-state index contributed by atoms with van der Waals surface area (Å²) in [5.74, 6) is -0.167. The van der Waals surface area contributed by atoms with E-state index in [1.54, 1.807) is 55.5 Å². The highest BCUT2D eigenvalue weighted by Crippen LogP contribution is 2.26. The van der Waals surface area contributed by atoms with Crippen molar-refractivity contribution in [1.82, 2.24) is 0 Å². The summed E-state index contributed by atoms with van der Waals surface area (Å²) in [4.78, 5) is 27.5. The molecule has 3 rings (SSSR count). The number of esters is 1. The van der Waals surface area contributed by atoms with Gasteiger partial charge in [-0.05, 0) is 48.9 Å². The van der Waals surface area contributed by atoms with Gasteiger partial charge in [-0.25, -0.2) is 14.6 Å². The van der Waals surface area contributed by atoms with Gasteiger partial charge in [-0.3, -0.25) is 0 Å². The average Bonchev–Trinajstić information content (AvgIpc) is 2.97. The Morgan fingerprint density at radius 3 is 2.59 bits per heavy atom. The molecule has 0 N–H and O–H groups in total. The van der Waals surface area contributed by atoms with Crippen molar-refractivity contribution in [2.24, 2.45) is 4.99 Å². The summed E-state index contributed by atoms with van der Waals surface area (Å²) in [6, 6.07) is 11.3. The van der Waals surface area contributed by atoms with E-state index >= 15 is 0 Å². The zero-order valence-electron chi connectivity index (χ0n) is 14.1. The zero-order chi connectivity index (χ0) is 19.4. The Labute approximate surface area is 165 Å². The molecule has 27 heavy (non-hydrogen) atoms. The van der Waals surface area contributed by atoms with Gasteiger partial charge in [0.15, 0.2) is 5.70 Å². The minimum atomic E-state index is -0.780. The number of carbonyl (C=O) groups is 2. The monoisotopic (exact) mass is 405 g/mol. The standard InChI is InChI=1S/C19H13Cl2NO5/c1-2-25-19(24)26-13-6-3-11(4-7-13)9-16-18(23)27-17(22-16)14-8-5-12(20)10-15(14)21/h3-10H,2H2,1H3/b16-9-. The highest BCUT2D eigenvalue weighted by molar-refractivity contribution is 6.37. The van der Waals surface area contributed by atoms with E-state index in [-0.39, 0.29) is 18.2 Å². The predicted molar refractivity (Wildman–Crippen MR) is 101 cm³/mol. The minimum Gasteiger partial charge on any atom is -0.434 e. The largest absolute Gasteiger partial charge is 0.513 e. The number of ether oxygens (including phenoxy) is 3. The van der Waals surface area contributed by atoms with E-state index in [1.807, 2.05) is 0 Å². The predicted octanol–water partition coefficient (Wildman–Crippen LogP) is 4.87. The van der Waals surface area contributed by atoms with Crippen molar-refractivity contribution in [2.75, 3.05) is 6.61 Å². The lowest BCUT2D eigenvalue weighted by Crippen LogP contribution is -2.09. The van der Waals surface area contributed by atoms with Gasteiger partial charge in [-0.1, -0.05) is 35.3 Å². The van der Waals surface area contributed by atoms with E-state index in [4.69, 9.17) is 37.4 Å². The third-order valence-electron chi connectivity index (χ3n) is 3.43. The topological polar surface area (TPSA) is 74.2 Å². The summed E-state index contributed by atoms with van der Waals surface area (Å²) in [6.45, 7) is 1.91. The van der Waals surface area contributed by atoms with Crippen LogP contribution >= 0.6 is 23.2 Å². The van der Waals surface area contributed by atoms with Crippen molar-refractivity contribution < 1.29 is 23.8 Å². The van der Waals surface area contributed by atoms with Crippen molar-refractivity contribution in [2.45, 2.75) is 6.92 Å². The van der Waals surface area contributed by atoms with Gasteiger partial charge in [0.05, 0.1) is 17.2 Å². The van der Waals surface area contributed by atoms with Crippen LogP contribution < -0.4 is 4.74 Å². The van der Waals surface area contributed by atoms with Crippen molar-refractivity contribution in [1.29, 1.82) is 0 Å². The van der Waals surface area contributed by atoms with Crippen molar-refractivity contribution in [3.05, 3.63) is 69.3 Å². The number of hydrogen-bond donors (Lipinski definition) is 0. The molecule has 0 bridgehead atoms. The first-order valence-electron chi connectivity index (χ1n) is 7.89. The number of hydrogen-bond acceptors (Lipinski definition) is 6. The smallest absolute Gasteiger partial charge is 0.434 e. The van der Waals surface area contributed by atoms with Crippen LogP contribution in [-0.2, 0) is 14.3 Å². The van der Waals surface area contributed by atoms with E-state index in [0.717, 1.165) is 0 Å². The maximum Gasteiger partial charge on any atom is 0.513 e. The van der Waals surface area contributed by atoms with Gasteiger partial charge < -0.3 is 14.2 Å². The second-order valence-corrected chi connectivity index (χ2v) is 6.16. The third kappa shape index (κ3) is 4.67. The van der Waals surface area contributed by atoms with Crippen LogP contribution in [0, 0.1) is 0 Å². The van der Waals surface area contributed by atoms with Crippen LogP contribution in [0.1, 0.15) is 18.1 Å². The number of benzene rings is 2. The SMILES string of the molecule is CCOC(=O)Oc1ccc(/C=C2\N=C(c3ccc(Cl)cc3Cl)OC2=O)cc1. The first-order valence-corrected chi connectivity index (χ1v) is 8.64. The molecule has 0 aromatic heterocycles. The molecular weight excluding hydrogens is 393 g/mol. The van der Waals surface area contributed by atoms with Gasteiger partial charge in [-0.15, -0.1) is 0 Å². The van der Waals surface area contributed by atoms with Gasteiger partial charge >= 0.3 is 12.1 Å². The fourth-order valence-corrected chi connectivity index (χ4v) is 2.71. The molecule has 0 radical (unpaired) electrons. The number of halogens is 2. The Kier molecular flexibility index (Phi) is 5.78. The molecule has 138 valence electrons. The van der Waals surface area contributed by atoms with Gasteiger partial charge in [0.25, 0.3) is 0 Å². The number of aliphatic imine (C=N–C) groups is 1. The summed E-state index contributed by atoms with van der Waals surface area (Å²) in [5, 5.41) is 0.797. The average molecular weight is 406 g/mol. The first kappa shape index (κ1) is 18.9. The Hall–Kier alpha value is -2.83. The summed E-state index contributed by atoms with van der Waals surface area (Å²) >= 11 is 12.0.